The number of rotatable bonds is 4. The van der Waals surface area contributed by atoms with Gasteiger partial charge in [-0.15, -0.1) is 12.4 Å². The first-order chi connectivity index (χ1) is 13.5. The molecule has 1 aliphatic rings. The minimum atomic E-state index is -0.323. The quantitative estimate of drug-likeness (QED) is 0.656. The van der Waals surface area contributed by atoms with Gasteiger partial charge in [-0.1, -0.05) is 17.7 Å². The van der Waals surface area contributed by atoms with Crippen LogP contribution < -0.4 is 10.6 Å². The maximum Gasteiger partial charge on any atom is 0.278 e. The Morgan fingerprint density at radius 2 is 2.00 bits per heavy atom. The molecule has 0 spiro atoms. The summed E-state index contributed by atoms with van der Waals surface area (Å²) in [6.07, 6.45) is 2.00. The number of amides is 1. The fraction of sp³-hybridized carbons (Fsp3) is 0.368. The molecule has 1 saturated heterocycles. The summed E-state index contributed by atoms with van der Waals surface area (Å²) in [5, 5.41) is 15.7. The number of carbonyl (C=O) groups is 1. The topological polar surface area (TPSA) is 89.7 Å². The highest BCUT2D eigenvalue weighted by Crippen LogP contribution is 2.23. The summed E-state index contributed by atoms with van der Waals surface area (Å²) in [6, 6.07) is 9.07. The normalized spacial score (nSPS) is 14.4. The van der Waals surface area contributed by atoms with Crippen molar-refractivity contribution in [1.29, 1.82) is 0 Å². The minimum absolute atomic E-state index is 0. The van der Waals surface area contributed by atoms with Gasteiger partial charge in [-0.25, -0.2) is 9.36 Å². The smallest absolute Gasteiger partial charge is 0.278 e. The van der Waals surface area contributed by atoms with Gasteiger partial charge in [0.05, 0.1) is 5.69 Å². The Balaban J connectivity index is 0.00000240. The average molecular weight is 436 g/mol. The van der Waals surface area contributed by atoms with Crippen LogP contribution in [-0.2, 0) is 7.05 Å². The molecule has 0 aliphatic carbocycles. The lowest BCUT2D eigenvalue weighted by Crippen LogP contribution is -2.27. The zero-order valence-electron chi connectivity index (χ0n) is 16.2. The number of benzene rings is 1. The van der Waals surface area contributed by atoms with Crippen LogP contribution >= 0.6 is 24.0 Å². The largest absolute Gasteiger partial charge is 0.317 e. The molecular weight excluding hydrogens is 413 g/mol. The number of halogens is 2. The summed E-state index contributed by atoms with van der Waals surface area (Å²) >= 11 is 6.07. The van der Waals surface area contributed by atoms with E-state index in [2.05, 4.69) is 25.8 Å². The summed E-state index contributed by atoms with van der Waals surface area (Å²) in [5.41, 5.74) is 1.94. The third kappa shape index (κ3) is 4.60. The van der Waals surface area contributed by atoms with Gasteiger partial charge >= 0.3 is 0 Å². The number of aromatic nitrogens is 5. The first kappa shape index (κ1) is 21.3. The second kappa shape index (κ2) is 8.94. The Kier molecular flexibility index (Phi) is 6.56. The molecule has 0 radical (unpaired) electrons. The van der Waals surface area contributed by atoms with Crippen molar-refractivity contribution in [2.24, 2.45) is 7.05 Å². The molecule has 0 atom stereocenters. The van der Waals surface area contributed by atoms with Crippen LogP contribution in [0.25, 0.3) is 5.69 Å². The van der Waals surface area contributed by atoms with Crippen molar-refractivity contribution >= 4 is 35.9 Å². The fourth-order valence-electron chi connectivity index (χ4n) is 3.39. The highest BCUT2D eigenvalue weighted by atomic mass is 35.5. The molecule has 3 heterocycles. The Morgan fingerprint density at radius 1 is 1.24 bits per heavy atom. The van der Waals surface area contributed by atoms with Crippen LogP contribution in [0.1, 0.15) is 40.8 Å². The second-order valence-corrected chi connectivity index (χ2v) is 7.39. The van der Waals surface area contributed by atoms with E-state index in [1.807, 2.05) is 19.1 Å². The molecular formula is C19H23Cl2N7O. The highest BCUT2D eigenvalue weighted by Gasteiger charge is 2.22. The van der Waals surface area contributed by atoms with Crippen LogP contribution in [0.3, 0.4) is 0 Å². The molecule has 0 saturated carbocycles. The molecule has 4 rings (SSSR count). The first-order valence-electron chi connectivity index (χ1n) is 9.27. The van der Waals surface area contributed by atoms with E-state index in [9.17, 15) is 4.79 Å². The van der Waals surface area contributed by atoms with Gasteiger partial charge in [0.1, 0.15) is 0 Å². The second-order valence-electron chi connectivity index (χ2n) is 6.96. The molecule has 10 heteroatoms. The maximum atomic E-state index is 12.7. The lowest BCUT2D eigenvalue weighted by atomic mass is 9.98. The molecule has 0 unspecified atom stereocenters. The number of hydrogen-bond donors (Lipinski definition) is 2. The van der Waals surface area contributed by atoms with E-state index in [1.54, 1.807) is 34.6 Å². The van der Waals surface area contributed by atoms with Crippen LogP contribution in [0, 0.1) is 6.92 Å². The molecule has 0 bridgehead atoms. The predicted molar refractivity (Wildman–Crippen MR) is 114 cm³/mol. The molecule has 154 valence electrons. The van der Waals surface area contributed by atoms with Gasteiger partial charge in [0.15, 0.2) is 11.5 Å². The van der Waals surface area contributed by atoms with Crippen LogP contribution in [0.15, 0.2) is 30.3 Å². The average Bonchev–Trinajstić information content (AvgIpc) is 3.26. The van der Waals surface area contributed by atoms with E-state index < -0.39 is 0 Å². The monoisotopic (exact) mass is 435 g/mol. The summed E-state index contributed by atoms with van der Waals surface area (Å²) in [5.74, 6) is 1.20. The Bertz CT molecular complexity index is 1010. The molecule has 29 heavy (non-hydrogen) atoms. The van der Waals surface area contributed by atoms with Crippen LogP contribution in [-0.4, -0.2) is 43.5 Å². The summed E-state index contributed by atoms with van der Waals surface area (Å²) in [7, 11) is 1.78. The lowest BCUT2D eigenvalue weighted by Gasteiger charge is -2.19. The number of nitrogens with one attached hydrogen (secondary N) is 2. The van der Waals surface area contributed by atoms with Gasteiger partial charge in [0.2, 0.25) is 5.95 Å². The molecule has 3 aromatic rings. The van der Waals surface area contributed by atoms with Crippen molar-refractivity contribution in [2.45, 2.75) is 25.7 Å². The van der Waals surface area contributed by atoms with Crippen molar-refractivity contribution < 1.29 is 4.79 Å². The van der Waals surface area contributed by atoms with Gasteiger partial charge in [-0.05, 0) is 57.1 Å². The third-order valence-corrected chi connectivity index (χ3v) is 5.12. The van der Waals surface area contributed by atoms with Gasteiger partial charge in [0, 0.05) is 23.7 Å². The maximum absolute atomic E-state index is 12.7. The predicted octanol–water partition coefficient (Wildman–Crippen LogP) is 3.10. The number of carbonyl (C=O) groups excluding carboxylic acids is 1. The number of anilines is 1. The van der Waals surface area contributed by atoms with Gasteiger partial charge in [0.25, 0.3) is 5.91 Å². The molecule has 1 fully saturated rings. The summed E-state index contributed by atoms with van der Waals surface area (Å²) < 4.78 is 3.30. The zero-order valence-corrected chi connectivity index (χ0v) is 17.8. The molecule has 8 nitrogen and oxygen atoms in total. The van der Waals surface area contributed by atoms with Crippen molar-refractivity contribution in [3.05, 3.63) is 52.6 Å². The first-order valence-corrected chi connectivity index (χ1v) is 9.64. The minimum Gasteiger partial charge on any atom is -0.317 e. The van der Waals surface area contributed by atoms with Crippen LogP contribution in [0.5, 0.6) is 0 Å². The summed E-state index contributed by atoms with van der Waals surface area (Å²) in [6.45, 7) is 3.82. The Labute approximate surface area is 180 Å². The van der Waals surface area contributed by atoms with E-state index in [4.69, 9.17) is 11.6 Å². The van der Waals surface area contributed by atoms with E-state index in [0.717, 1.165) is 43.1 Å². The fourth-order valence-corrected chi connectivity index (χ4v) is 3.57. The Hall–Kier alpha value is -2.42. The molecule has 1 aliphatic heterocycles. The van der Waals surface area contributed by atoms with Gasteiger partial charge in [-0.2, -0.15) is 15.2 Å². The Morgan fingerprint density at radius 3 is 2.72 bits per heavy atom. The standard InChI is InChI=1S/C19H22ClN7O.ClH/c1-12-10-16(24-27(12)15-5-3-4-14(20)11-15)18(28)23-19-22-17(25-26(19)2)13-6-8-21-9-7-13;/h3-5,10-11,13,21H,6-9H2,1-2H3,(H,22,23,25,28);1H. The molecule has 1 aromatic carbocycles. The van der Waals surface area contributed by atoms with Crippen molar-refractivity contribution in [3.8, 4) is 5.69 Å². The number of aryl methyl sites for hydroxylation is 2. The number of piperidine rings is 1. The van der Waals surface area contributed by atoms with Crippen molar-refractivity contribution in [3.63, 3.8) is 0 Å². The van der Waals surface area contributed by atoms with Gasteiger partial charge in [-0.3, -0.25) is 10.1 Å². The van der Waals surface area contributed by atoms with E-state index in [-0.39, 0.29) is 18.3 Å². The molecule has 1 amide bonds. The van der Waals surface area contributed by atoms with E-state index in [1.165, 1.54) is 0 Å². The van der Waals surface area contributed by atoms with Gasteiger partial charge < -0.3 is 5.32 Å². The van der Waals surface area contributed by atoms with Crippen molar-refractivity contribution in [1.82, 2.24) is 29.9 Å². The van der Waals surface area contributed by atoms with Crippen LogP contribution in [0.2, 0.25) is 5.02 Å². The number of nitrogens with zero attached hydrogens (tertiary/aromatic N) is 5. The van der Waals surface area contributed by atoms with Crippen molar-refractivity contribution in [2.75, 3.05) is 18.4 Å². The molecule has 2 aromatic heterocycles. The van der Waals surface area contributed by atoms with E-state index in [0.29, 0.717) is 22.6 Å². The summed E-state index contributed by atoms with van der Waals surface area (Å²) in [4.78, 5) is 17.2. The lowest BCUT2D eigenvalue weighted by molar-refractivity contribution is 0.102. The highest BCUT2D eigenvalue weighted by molar-refractivity contribution is 6.30. The zero-order chi connectivity index (χ0) is 19.7. The van der Waals surface area contributed by atoms with Crippen LogP contribution in [0.4, 0.5) is 5.95 Å². The SMILES string of the molecule is Cc1cc(C(=O)Nc2nc(C3CCNCC3)nn2C)nn1-c1cccc(Cl)c1.Cl. The number of hydrogen-bond acceptors (Lipinski definition) is 5. The van der Waals surface area contributed by atoms with E-state index >= 15 is 0 Å². The third-order valence-electron chi connectivity index (χ3n) is 4.88. The molecule has 2 N–H and O–H groups in total.